The molecule has 1 aliphatic rings. The summed E-state index contributed by atoms with van der Waals surface area (Å²) in [7, 11) is -2.51. The van der Waals surface area contributed by atoms with Crippen LogP contribution in [-0.4, -0.2) is 27.1 Å². The molecule has 0 bridgehead atoms. The van der Waals surface area contributed by atoms with Crippen molar-refractivity contribution in [3.05, 3.63) is 60.7 Å². The van der Waals surface area contributed by atoms with E-state index in [0.717, 1.165) is 12.8 Å². The highest BCUT2D eigenvalue weighted by Gasteiger charge is 2.50. The van der Waals surface area contributed by atoms with Gasteiger partial charge in [-0.05, 0) is 28.3 Å². The summed E-state index contributed by atoms with van der Waals surface area (Å²) in [6, 6.07) is 23.4. The zero-order valence-corrected chi connectivity index (χ0v) is 16.8. The lowest BCUT2D eigenvalue weighted by Crippen LogP contribution is -2.67. The highest BCUT2D eigenvalue weighted by Crippen LogP contribution is 2.37. The number of nitrogens with zero attached hydrogens (tertiary/aromatic N) is 1. The standard InChI is InChI=1S/C22H27NO2Si/c1-22(2,3)26(20-10-6-4-7-11-20,21-12-8-5-9-13-21)24-17-19-15-14-18(16-23)25-19/h4-13,18-19H,14-15,17H2,1-3H3/t18?,19-/m1/s1. The minimum Gasteiger partial charge on any atom is -0.405 e. The summed E-state index contributed by atoms with van der Waals surface area (Å²) >= 11 is 0. The maximum absolute atomic E-state index is 9.09. The quantitative estimate of drug-likeness (QED) is 0.760. The molecule has 3 rings (SSSR count). The highest BCUT2D eigenvalue weighted by molar-refractivity contribution is 6.99. The van der Waals surface area contributed by atoms with Gasteiger partial charge in [-0.2, -0.15) is 5.26 Å². The van der Waals surface area contributed by atoms with Crippen LogP contribution in [0, 0.1) is 11.3 Å². The molecule has 1 aliphatic heterocycles. The molecule has 1 saturated heterocycles. The molecular formula is C22H27NO2Si. The average molecular weight is 366 g/mol. The molecule has 2 atom stereocenters. The summed E-state index contributed by atoms with van der Waals surface area (Å²) in [6.45, 7) is 7.35. The van der Waals surface area contributed by atoms with Crippen LogP contribution in [0.1, 0.15) is 33.6 Å². The summed E-state index contributed by atoms with van der Waals surface area (Å²) in [5.41, 5.74) is 0. The SMILES string of the molecule is CC(C)(C)[Si](OC[C@H]1CCC(C#N)O1)(c1ccccc1)c1ccccc1. The van der Waals surface area contributed by atoms with Crippen molar-refractivity contribution in [3.63, 3.8) is 0 Å². The Morgan fingerprint density at radius 1 is 1.00 bits per heavy atom. The Balaban J connectivity index is 1.99. The fourth-order valence-corrected chi connectivity index (χ4v) is 8.49. The Bertz CT molecular complexity index is 710. The Hall–Kier alpha value is -1.93. The molecule has 1 unspecified atom stereocenters. The third kappa shape index (κ3) is 3.61. The molecule has 1 fully saturated rings. The van der Waals surface area contributed by atoms with Gasteiger partial charge in [-0.3, -0.25) is 0 Å². The Morgan fingerprint density at radius 2 is 1.54 bits per heavy atom. The number of benzene rings is 2. The highest BCUT2D eigenvalue weighted by atomic mass is 28.4. The van der Waals surface area contributed by atoms with E-state index in [-0.39, 0.29) is 17.2 Å². The molecule has 1 heterocycles. The third-order valence-corrected chi connectivity index (χ3v) is 10.2. The van der Waals surface area contributed by atoms with E-state index in [0.29, 0.717) is 6.61 Å². The van der Waals surface area contributed by atoms with E-state index in [2.05, 4.69) is 75.4 Å². The molecule has 2 aromatic carbocycles. The molecule has 3 nitrogen and oxygen atoms in total. The van der Waals surface area contributed by atoms with Crippen molar-refractivity contribution in [2.45, 2.75) is 50.9 Å². The van der Waals surface area contributed by atoms with Crippen LogP contribution in [0.3, 0.4) is 0 Å². The average Bonchev–Trinajstić information content (AvgIpc) is 3.11. The molecule has 0 aromatic heterocycles. The van der Waals surface area contributed by atoms with Gasteiger partial charge in [0, 0.05) is 0 Å². The van der Waals surface area contributed by atoms with Crippen LogP contribution in [0.5, 0.6) is 0 Å². The van der Waals surface area contributed by atoms with Crippen molar-refractivity contribution in [2.75, 3.05) is 6.61 Å². The van der Waals surface area contributed by atoms with E-state index < -0.39 is 8.32 Å². The van der Waals surface area contributed by atoms with Gasteiger partial charge in [0.05, 0.1) is 18.8 Å². The summed E-state index contributed by atoms with van der Waals surface area (Å²) < 4.78 is 12.7. The minimum atomic E-state index is -2.51. The van der Waals surface area contributed by atoms with Crippen LogP contribution in [0.4, 0.5) is 0 Å². The third-order valence-electron chi connectivity index (χ3n) is 5.15. The molecule has 0 radical (unpaired) electrons. The zero-order valence-electron chi connectivity index (χ0n) is 15.8. The first kappa shape index (κ1) is 18.8. The number of ether oxygens (including phenoxy) is 1. The zero-order chi connectivity index (χ0) is 18.6. The monoisotopic (exact) mass is 365 g/mol. The Kier molecular flexibility index (Phi) is 5.62. The van der Waals surface area contributed by atoms with Crippen molar-refractivity contribution < 1.29 is 9.16 Å². The lowest BCUT2D eigenvalue weighted by molar-refractivity contribution is 0.0385. The number of hydrogen-bond donors (Lipinski definition) is 0. The van der Waals surface area contributed by atoms with Crippen molar-refractivity contribution in [2.24, 2.45) is 0 Å². The van der Waals surface area contributed by atoms with Gasteiger partial charge in [-0.1, -0.05) is 81.4 Å². The second kappa shape index (κ2) is 7.75. The minimum absolute atomic E-state index is 0.00120. The van der Waals surface area contributed by atoms with Gasteiger partial charge in [-0.25, -0.2) is 0 Å². The maximum atomic E-state index is 9.09. The molecule has 0 saturated carbocycles. The van der Waals surface area contributed by atoms with E-state index in [4.69, 9.17) is 14.4 Å². The normalized spacial score (nSPS) is 20.7. The summed E-state index contributed by atoms with van der Waals surface area (Å²) in [6.07, 6.45) is 1.39. The summed E-state index contributed by atoms with van der Waals surface area (Å²) in [5, 5.41) is 11.6. The Morgan fingerprint density at radius 3 is 1.96 bits per heavy atom. The second-order valence-electron chi connectivity index (χ2n) is 7.93. The van der Waals surface area contributed by atoms with Crippen molar-refractivity contribution >= 4 is 18.7 Å². The fourth-order valence-electron chi connectivity index (χ4n) is 3.90. The number of rotatable bonds is 5. The summed E-state index contributed by atoms with van der Waals surface area (Å²) in [5.74, 6) is 0. The molecule has 0 aliphatic carbocycles. The topological polar surface area (TPSA) is 42.2 Å². The van der Waals surface area contributed by atoms with Gasteiger partial charge in [0.15, 0.2) is 0 Å². The first-order valence-corrected chi connectivity index (χ1v) is 11.2. The fraction of sp³-hybridized carbons (Fsp3) is 0.409. The Labute approximate surface area is 157 Å². The first-order chi connectivity index (χ1) is 12.5. The largest absolute Gasteiger partial charge is 0.405 e. The van der Waals surface area contributed by atoms with Gasteiger partial charge in [-0.15, -0.1) is 0 Å². The van der Waals surface area contributed by atoms with Crippen LogP contribution in [-0.2, 0) is 9.16 Å². The maximum Gasteiger partial charge on any atom is 0.261 e. The summed E-state index contributed by atoms with van der Waals surface area (Å²) in [4.78, 5) is 0. The van der Waals surface area contributed by atoms with Crippen LogP contribution in [0.25, 0.3) is 0 Å². The van der Waals surface area contributed by atoms with E-state index in [1.165, 1.54) is 10.4 Å². The number of nitriles is 1. The second-order valence-corrected chi connectivity index (χ2v) is 12.2. The van der Waals surface area contributed by atoms with Gasteiger partial charge in [0.2, 0.25) is 0 Å². The van der Waals surface area contributed by atoms with Crippen LogP contribution < -0.4 is 10.4 Å². The first-order valence-electron chi connectivity index (χ1n) is 9.27. The molecular weight excluding hydrogens is 338 g/mol. The molecule has 4 heteroatoms. The molecule has 0 spiro atoms. The van der Waals surface area contributed by atoms with Gasteiger partial charge < -0.3 is 9.16 Å². The van der Waals surface area contributed by atoms with E-state index in [1.807, 2.05) is 12.1 Å². The van der Waals surface area contributed by atoms with E-state index >= 15 is 0 Å². The van der Waals surface area contributed by atoms with Crippen LogP contribution >= 0.6 is 0 Å². The number of hydrogen-bond acceptors (Lipinski definition) is 3. The molecule has 136 valence electrons. The molecule has 0 N–H and O–H groups in total. The van der Waals surface area contributed by atoms with E-state index in [9.17, 15) is 0 Å². The lowest BCUT2D eigenvalue weighted by atomic mass is 10.2. The van der Waals surface area contributed by atoms with Gasteiger partial charge >= 0.3 is 0 Å². The molecule has 26 heavy (non-hydrogen) atoms. The molecule has 2 aromatic rings. The van der Waals surface area contributed by atoms with Gasteiger partial charge in [0.1, 0.15) is 6.10 Å². The molecule has 0 amide bonds. The predicted octanol–water partition coefficient (Wildman–Crippen LogP) is 3.63. The van der Waals surface area contributed by atoms with Crippen LogP contribution in [0.15, 0.2) is 60.7 Å². The van der Waals surface area contributed by atoms with Crippen molar-refractivity contribution in [1.82, 2.24) is 0 Å². The lowest BCUT2D eigenvalue weighted by Gasteiger charge is -2.43. The van der Waals surface area contributed by atoms with Gasteiger partial charge in [0.25, 0.3) is 8.32 Å². The van der Waals surface area contributed by atoms with E-state index in [1.54, 1.807) is 0 Å². The van der Waals surface area contributed by atoms with Crippen molar-refractivity contribution in [3.8, 4) is 6.07 Å². The van der Waals surface area contributed by atoms with Crippen LogP contribution in [0.2, 0.25) is 5.04 Å². The van der Waals surface area contributed by atoms with Crippen molar-refractivity contribution in [1.29, 1.82) is 5.26 Å². The smallest absolute Gasteiger partial charge is 0.261 e. The predicted molar refractivity (Wildman–Crippen MR) is 107 cm³/mol.